The standard InChI is InChI=1S/C18H30N2O/c1-3-15-21-18-11-9-16(10-12-18)19-13-14-20(2)17-7-5-4-6-8-17/h9-12,17,19H,3-8,13-15H2,1-2H3. The Balaban J connectivity index is 1.67. The van der Waals surface area contributed by atoms with E-state index in [1.54, 1.807) is 0 Å². The summed E-state index contributed by atoms with van der Waals surface area (Å²) in [6, 6.07) is 9.09. The van der Waals surface area contributed by atoms with E-state index in [1.165, 1.54) is 37.8 Å². The van der Waals surface area contributed by atoms with Crippen molar-refractivity contribution in [2.24, 2.45) is 0 Å². The minimum absolute atomic E-state index is 0.791. The van der Waals surface area contributed by atoms with Crippen molar-refractivity contribution in [2.75, 3.05) is 32.1 Å². The SMILES string of the molecule is CCCOc1ccc(NCCN(C)C2CCCCC2)cc1. The van der Waals surface area contributed by atoms with Gasteiger partial charge in [0.05, 0.1) is 6.61 Å². The van der Waals surface area contributed by atoms with Gasteiger partial charge >= 0.3 is 0 Å². The third kappa shape index (κ3) is 5.58. The molecule has 0 saturated heterocycles. The number of hydrogen-bond donors (Lipinski definition) is 1. The Bertz CT molecular complexity index is 385. The first kappa shape index (κ1) is 16.2. The lowest BCUT2D eigenvalue weighted by atomic mass is 9.94. The van der Waals surface area contributed by atoms with Gasteiger partial charge in [-0.05, 0) is 50.6 Å². The van der Waals surface area contributed by atoms with Gasteiger partial charge in [-0.1, -0.05) is 26.2 Å². The first-order valence-electron chi connectivity index (χ1n) is 8.46. The van der Waals surface area contributed by atoms with Crippen LogP contribution < -0.4 is 10.1 Å². The van der Waals surface area contributed by atoms with Gasteiger partial charge < -0.3 is 15.0 Å². The molecule has 3 heteroatoms. The van der Waals surface area contributed by atoms with Crippen LogP contribution in [0.5, 0.6) is 5.75 Å². The van der Waals surface area contributed by atoms with Crippen LogP contribution in [0.3, 0.4) is 0 Å². The number of ether oxygens (including phenoxy) is 1. The molecular formula is C18H30N2O. The minimum Gasteiger partial charge on any atom is -0.494 e. The van der Waals surface area contributed by atoms with Gasteiger partial charge in [0.2, 0.25) is 0 Å². The lowest BCUT2D eigenvalue weighted by molar-refractivity contribution is 0.198. The first-order chi connectivity index (χ1) is 10.3. The van der Waals surface area contributed by atoms with Crippen molar-refractivity contribution >= 4 is 5.69 Å². The number of rotatable bonds is 8. The Hall–Kier alpha value is -1.22. The highest BCUT2D eigenvalue weighted by Crippen LogP contribution is 2.21. The van der Waals surface area contributed by atoms with E-state index in [2.05, 4.69) is 36.3 Å². The molecule has 1 saturated carbocycles. The summed E-state index contributed by atoms with van der Waals surface area (Å²) in [5.74, 6) is 0.960. The fraction of sp³-hybridized carbons (Fsp3) is 0.667. The summed E-state index contributed by atoms with van der Waals surface area (Å²) in [6.45, 7) is 5.03. The van der Waals surface area contributed by atoms with Crippen LogP contribution in [0.25, 0.3) is 0 Å². The zero-order valence-corrected chi connectivity index (χ0v) is 13.6. The van der Waals surface area contributed by atoms with Crippen LogP contribution >= 0.6 is 0 Å². The molecule has 0 spiro atoms. The van der Waals surface area contributed by atoms with E-state index in [-0.39, 0.29) is 0 Å². The third-order valence-electron chi connectivity index (χ3n) is 4.32. The highest BCUT2D eigenvalue weighted by atomic mass is 16.5. The average Bonchev–Trinajstić information content (AvgIpc) is 2.55. The molecule has 1 N–H and O–H groups in total. The Kier molecular flexibility index (Phi) is 6.87. The molecule has 0 radical (unpaired) electrons. The molecule has 0 amide bonds. The molecule has 0 heterocycles. The van der Waals surface area contributed by atoms with Crippen LogP contribution in [-0.4, -0.2) is 37.7 Å². The van der Waals surface area contributed by atoms with Gasteiger partial charge in [0.15, 0.2) is 0 Å². The zero-order valence-electron chi connectivity index (χ0n) is 13.6. The van der Waals surface area contributed by atoms with Crippen LogP contribution in [0.4, 0.5) is 5.69 Å². The van der Waals surface area contributed by atoms with E-state index in [0.29, 0.717) is 0 Å². The molecule has 1 aliphatic rings. The second kappa shape index (κ2) is 8.93. The van der Waals surface area contributed by atoms with Gasteiger partial charge in [-0.25, -0.2) is 0 Å². The smallest absolute Gasteiger partial charge is 0.119 e. The summed E-state index contributed by atoms with van der Waals surface area (Å²) in [5.41, 5.74) is 1.18. The summed E-state index contributed by atoms with van der Waals surface area (Å²) in [4.78, 5) is 2.52. The largest absolute Gasteiger partial charge is 0.494 e. The van der Waals surface area contributed by atoms with Crippen LogP contribution in [0.15, 0.2) is 24.3 Å². The van der Waals surface area contributed by atoms with Crippen molar-refractivity contribution in [1.82, 2.24) is 4.90 Å². The molecule has 1 aromatic carbocycles. The molecular weight excluding hydrogens is 260 g/mol. The molecule has 0 aromatic heterocycles. The lowest BCUT2D eigenvalue weighted by Gasteiger charge is -2.31. The Labute approximate surface area is 129 Å². The van der Waals surface area contributed by atoms with Crippen LogP contribution in [0, 0.1) is 0 Å². The Morgan fingerprint density at radius 3 is 2.52 bits per heavy atom. The molecule has 21 heavy (non-hydrogen) atoms. The zero-order chi connectivity index (χ0) is 14.9. The number of hydrogen-bond acceptors (Lipinski definition) is 3. The first-order valence-corrected chi connectivity index (χ1v) is 8.46. The van der Waals surface area contributed by atoms with Gasteiger partial charge in [0.1, 0.15) is 5.75 Å². The second-order valence-electron chi connectivity index (χ2n) is 6.07. The topological polar surface area (TPSA) is 24.5 Å². The maximum absolute atomic E-state index is 5.60. The number of nitrogens with one attached hydrogen (secondary N) is 1. The molecule has 1 aliphatic carbocycles. The van der Waals surface area contributed by atoms with Crippen molar-refractivity contribution in [3.8, 4) is 5.75 Å². The van der Waals surface area contributed by atoms with E-state index in [1.807, 2.05) is 12.1 Å². The van der Waals surface area contributed by atoms with Crippen LogP contribution in [0.1, 0.15) is 45.4 Å². The van der Waals surface area contributed by atoms with Gasteiger partial charge in [0.25, 0.3) is 0 Å². The summed E-state index contributed by atoms with van der Waals surface area (Å²) in [5, 5.41) is 3.50. The van der Waals surface area contributed by atoms with Crippen molar-refractivity contribution in [2.45, 2.75) is 51.5 Å². The van der Waals surface area contributed by atoms with Crippen molar-refractivity contribution in [1.29, 1.82) is 0 Å². The summed E-state index contributed by atoms with van der Waals surface area (Å²) >= 11 is 0. The maximum atomic E-state index is 5.60. The molecule has 2 rings (SSSR count). The molecule has 118 valence electrons. The predicted octanol–water partition coefficient (Wildman–Crippen LogP) is 4.15. The summed E-state index contributed by atoms with van der Waals surface area (Å²) < 4.78 is 5.60. The number of likely N-dealkylation sites (N-methyl/N-ethyl adjacent to an activating group) is 1. The quantitative estimate of drug-likeness (QED) is 0.778. The maximum Gasteiger partial charge on any atom is 0.119 e. The van der Waals surface area contributed by atoms with E-state index in [9.17, 15) is 0 Å². The predicted molar refractivity (Wildman–Crippen MR) is 90.2 cm³/mol. The summed E-state index contributed by atoms with van der Waals surface area (Å²) in [7, 11) is 2.26. The molecule has 0 aliphatic heterocycles. The number of anilines is 1. The lowest BCUT2D eigenvalue weighted by Crippen LogP contribution is -2.36. The van der Waals surface area contributed by atoms with Gasteiger partial charge in [0, 0.05) is 24.8 Å². The Morgan fingerprint density at radius 1 is 1.14 bits per heavy atom. The van der Waals surface area contributed by atoms with Crippen molar-refractivity contribution in [3.63, 3.8) is 0 Å². The van der Waals surface area contributed by atoms with Crippen LogP contribution in [0.2, 0.25) is 0 Å². The monoisotopic (exact) mass is 290 g/mol. The molecule has 3 nitrogen and oxygen atoms in total. The second-order valence-corrected chi connectivity index (χ2v) is 6.07. The molecule has 1 aromatic rings. The highest BCUT2D eigenvalue weighted by molar-refractivity contribution is 5.46. The van der Waals surface area contributed by atoms with Gasteiger partial charge in [-0.15, -0.1) is 0 Å². The fourth-order valence-electron chi connectivity index (χ4n) is 2.97. The number of benzene rings is 1. The van der Waals surface area contributed by atoms with Gasteiger partial charge in [-0.2, -0.15) is 0 Å². The van der Waals surface area contributed by atoms with E-state index < -0.39 is 0 Å². The molecule has 0 atom stereocenters. The Morgan fingerprint density at radius 2 is 1.86 bits per heavy atom. The average molecular weight is 290 g/mol. The van der Waals surface area contributed by atoms with E-state index >= 15 is 0 Å². The fourth-order valence-corrected chi connectivity index (χ4v) is 2.97. The molecule has 1 fully saturated rings. The third-order valence-corrected chi connectivity index (χ3v) is 4.32. The highest BCUT2D eigenvalue weighted by Gasteiger charge is 2.17. The van der Waals surface area contributed by atoms with E-state index in [0.717, 1.165) is 37.9 Å². The van der Waals surface area contributed by atoms with Gasteiger partial charge in [-0.3, -0.25) is 0 Å². The molecule has 0 unspecified atom stereocenters. The number of nitrogens with zero attached hydrogens (tertiary/aromatic N) is 1. The summed E-state index contributed by atoms with van der Waals surface area (Å²) in [6.07, 6.45) is 8.03. The van der Waals surface area contributed by atoms with Crippen molar-refractivity contribution in [3.05, 3.63) is 24.3 Å². The molecule has 0 bridgehead atoms. The normalized spacial score (nSPS) is 16.1. The van der Waals surface area contributed by atoms with E-state index in [4.69, 9.17) is 4.74 Å². The minimum atomic E-state index is 0.791. The van der Waals surface area contributed by atoms with Crippen LogP contribution in [-0.2, 0) is 0 Å². The van der Waals surface area contributed by atoms with Crippen molar-refractivity contribution < 1.29 is 4.74 Å².